The Morgan fingerprint density at radius 1 is 1.56 bits per heavy atom. The van der Waals surface area contributed by atoms with Crippen LogP contribution in [0.15, 0.2) is 22.7 Å². The van der Waals surface area contributed by atoms with Crippen molar-refractivity contribution in [2.75, 3.05) is 18.0 Å². The summed E-state index contributed by atoms with van der Waals surface area (Å²) in [7, 11) is 0. The number of rotatable bonds is 3. The summed E-state index contributed by atoms with van der Waals surface area (Å²) >= 11 is 8.64. The van der Waals surface area contributed by atoms with Gasteiger partial charge in [0.05, 0.1) is 5.69 Å². The lowest BCUT2D eigenvalue weighted by Gasteiger charge is -2.34. The molecular weight excluding hydrogens is 308 g/mol. The molecule has 1 aliphatic heterocycles. The molecule has 18 heavy (non-hydrogen) atoms. The highest BCUT2D eigenvalue weighted by molar-refractivity contribution is 9.10. The molecule has 0 bridgehead atoms. The molecule has 2 rings (SSSR count). The van der Waals surface area contributed by atoms with Crippen LogP contribution in [0.3, 0.4) is 0 Å². The largest absolute Gasteiger partial charge is 0.389 e. The fourth-order valence-corrected chi connectivity index (χ4v) is 3.29. The van der Waals surface area contributed by atoms with Gasteiger partial charge in [-0.05, 0) is 52.9 Å². The molecule has 0 aliphatic carbocycles. The second-order valence-corrected chi connectivity index (χ2v) is 6.19. The van der Waals surface area contributed by atoms with E-state index in [0.717, 1.165) is 29.0 Å². The Balaban J connectivity index is 2.20. The first-order chi connectivity index (χ1) is 8.61. The average Bonchev–Trinajstić information content (AvgIpc) is 2.38. The van der Waals surface area contributed by atoms with Crippen molar-refractivity contribution in [1.82, 2.24) is 0 Å². The quantitative estimate of drug-likeness (QED) is 0.858. The molecule has 0 amide bonds. The maximum Gasteiger partial charge on any atom is 0.104 e. The van der Waals surface area contributed by atoms with Gasteiger partial charge in [-0.1, -0.05) is 25.6 Å². The number of nitrogens with two attached hydrogens (primary N) is 1. The maximum atomic E-state index is 5.65. The Kier molecular flexibility index (Phi) is 4.62. The number of anilines is 1. The minimum absolute atomic E-state index is 0.451. The van der Waals surface area contributed by atoms with Crippen molar-refractivity contribution < 1.29 is 0 Å². The van der Waals surface area contributed by atoms with Crippen LogP contribution in [0.1, 0.15) is 31.7 Å². The Morgan fingerprint density at radius 2 is 2.33 bits per heavy atom. The highest BCUT2D eigenvalue weighted by Crippen LogP contribution is 2.31. The summed E-state index contributed by atoms with van der Waals surface area (Å²) < 4.78 is 1.09. The van der Waals surface area contributed by atoms with Crippen LogP contribution in [0.5, 0.6) is 0 Å². The molecule has 1 heterocycles. The molecule has 1 atom stereocenters. The van der Waals surface area contributed by atoms with Crippen LogP contribution >= 0.6 is 28.1 Å². The zero-order valence-corrected chi connectivity index (χ0v) is 13.1. The number of piperidine rings is 1. The topological polar surface area (TPSA) is 29.3 Å². The van der Waals surface area contributed by atoms with Crippen molar-refractivity contribution in [1.29, 1.82) is 0 Å². The van der Waals surface area contributed by atoms with E-state index in [1.54, 1.807) is 0 Å². The maximum absolute atomic E-state index is 5.65. The third-order valence-electron chi connectivity index (χ3n) is 3.67. The molecule has 4 heteroatoms. The molecule has 1 aliphatic rings. The molecule has 2 N–H and O–H groups in total. The minimum atomic E-state index is 0.451. The van der Waals surface area contributed by atoms with E-state index in [-0.39, 0.29) is 0 Å². The highest BCUT2D eigenvalue weighted by atomic mass is 79.9. The molecule has 1 aromatic carbocycles. The van der Waals surface area contributed by atoms with E-state index in [4.69, 9.17) is 18.0 Å². The molecule has 98 valence electrons. The summed E-state index contributed by atoms with van der Waals surface area (Å²) in [6.07, 6.45) is 3.90. The van der Waals surface area contributed by atoms with E-state index >= 15 is 0 Å². The first-order valence-electron chi connectivity index (χ1n) is 6.46. The zero-order chi connectivity index (χ0) is 13.1. The fraction of sp³-hybridized carbons (Fsp3) is 0.500. The minimum Gasteiger partial charge on any atom is -0.389 e. The van der Waals surface area contributed by atoms with Gasteiger partial charge in [0.1, 0.15) is 4.99 Å². The lowest BCUT2D eigenvalue weighted by molar-refractivity contribution is 0.404. The fourth-order valence-electron chi connectivity index (χ4n) is 2.53. The van der Waals surface area contributed by atoms with Crippen LogP contribution in [0, 0.1) is 5.92 Å². The number of hydrogen-bond acceptors (Lipinski definition) is 2. The summed E-state index contributed by atoms with van der Waals surface area (Å²) in [6.45, 7) is 4.57. The smallest absolute Gasteiger partial charge is 0.104 e. The predicted molar refractivity (Wildman–Crippen MR) is 85.3 cm³/mol. The molecule has 0 radical (unpaired) electrons. The summed E-state index contributed by atoms with van der Waals surface area (Å²) in [5, 5.41) is 0. The summed E-state index contributed by atoms with van der Waals surface area (Å²) in [5.41, 5.74) is 7.83. The van der Waals surface area contributed by atoms with Gasteiger partial charge in [0, 0.05) is 23.1 Å². The number of halogens is 1. The van der Waals surface area contributed by atoms with Gasteiger partial charge >= 0.3 is 0 Å². The molecule has 0 saturated carbocycles. The number of nitrogens with zero attached hydrogens (tertiary/aromatic N) is 1. The van der Waals surface area contributed by atoms with Crippen LogP contribution in [0.25, 0.3) is 0 Å². The van der Waals surface area contributed by atoms with Gasteiger partial charge < -0.3 is 10.6 Å². The third-order valence-corrected chi connectivity index (χ3v) is 4.54. The first kappa shape index (κ1) is 13.8. The van der Waals surface area contributed by atoms with Crippen molar-refractivity contribution in [3.63, 3.8) is 0 Å². The highest BCUT2D eigenvalue weighted by Gasteiger charge is 2.20. The van der Waals surface area contributed by atoms with Crippen LogP contribution in [0.4, 0.5) is 5.69 Å². The van der Waals surface area contributed by atoms with Crippen molar-refractivity contribution in [3.8, 4) is 0 Å². The Morgan fingerprint density at radius 3 is 2.94 bits per heavy atom. The van der Waals surface area contributed by atoms with Gasteiger partial charge in [-0.3, -0.25) is 0 Å². The molecular formula is C14H19BrN2S. The van der Waals surface area contributed by atoms with E-state index < -0.39 is 0 Å². The molecule has 1 aromatic rings. The molecule has 2 nitrogen and oxygen atoms in total. The number of thiocarbonyl (C=S) groups is 1. The first-order valence-corrected chi connectivity index (χ1v) is 7.66. The van der Waals surface area contributed by atoms with Gasteiger partial charge in [-0.15, -0.1) is 0 Å². The van der Waals surface area contributed by atoms with Crippen molar-refractivity contribution >= 4 is 38.8 Å². The Bertz CT molecular complexity index is 447. The monoisotopic (exact) mass is 326 g/mol. The predicted octanol–water partition coefficient (Wildman–Crippen LogP) is 3.71. The SMILES string of the molecule is CCC1CCCN(c2ccc(C(N)=S)cc2Br)C1. The van der Waals surface area contributed by atoms with E-state index in [9.17, 15) is 0 Å². The lowest BCUT2D eigenvalue weighted by Crippen LogP contribution is -2.35. The third kappa shape index (κ3) is 3.04. The van der Waals surface area contributed by atoms with Gasteiger partial charge in [-0.2, -0.15) is 0 Å². The number of benzene rings is 1. The molecule has 1 saturated heterocycles. The summed E-state index contributed by atoms with van der Waals surface area (Å²) in [5.74, 6) is 0.820. The van der Waals surface area contributed by atoms with Crippen LogP contribution in [-0.2, 0) is 0 Å². The van der Waals surface area contributed by atoms with E-state index in [2.05, 4.69) is 33.8 Å². The zero-order valence-electron chi connectivity index (χ0n) is 10.7. The molecule has 1 fully saturated rings. The van der Waals surface area contributed by atoms with Crippen molar-refractivity contribution in [3.05, 3.63) is 28.2 Å². The summed E-state index contributed by atoms with van der Waals surface area (Å²) in [4.78, 5) is 2.91. The summed E-state index contributed by atoms with van der Waals surface area (Å²) in [6, 6.07) is 6.15. The van der Waals surface area contributed by atoms with Gasteiger partial charge in [-0.25, -0.2) is 0 Å². The van der Waals surface area contributed by atoms with Crippen LogP contribution in [0.2, 0.25) is 0 Å². The second kappa shape index (κ2) is 6.02. The van der Waals surface area contributed by atoms with Gasteiger partial charge in [0.2, 0.25) is 0 Å². The van der Waals surface area contributed by atoms with E-state index in [1.165, 1.54) is 24.9 Å². The van der Waals surface area contributed by atoms with Gasteiger partial charge in [0.25, 0.3) is 0 Å². The molecule has 0 spiro atoms. The molecule has 0 aromatic heterocycles. The van der Waals surface area contributed by atoms with Crippen LogP contribution < -0.4 is 10.6 Å². The number of hydrogen-bond donors (Lipinski definition) is 1. The Hall–Kier alpha value is -0.610. The van der Waals surface area contributed by atoms with Gasteiger partial charge in [0.15, 0.2) is 0 Å². The molecule has 1 unspecified atom stereocenters. The lowest BCUT2D eigenvalue weighted by atomic mass is 9.95. The van der Waals surface area contributed by atoms with Crippen molar-refractivity contribution in [2.45, 2.75) is 26.2 Å². The second-order valence-electron chi connectivity index (χ2n) is 4.89. The van der Waals surface area contributed by atoms with Crippen LogP contribution in [-0.4, -0.2) is 18.1 Å². The average molecular weight is 327 g/mol. The Labute approximate surface area is 123 Å². The normalized spacial score (nSPS) is 19.9. The van der Waals surface area contributed by atoms with E-state index in [0.29, 0.717) is 4.99 Å². The van der Waals surface area contributed by atoms with E-state index in [1.807, 2.05) is 12.1 Å². The standard InChI is InChI=1S/C14H19BrN2S/c1-2-10-4-3-7-17(9-10)13-6-5-11(14(16)18)8-12(13)15/h5-6,8,10H,2-4,7,9H2,1H3,(H2,16,18). The van der Waals surface area contributed by atoms with Crippen molar-refractivity contribution in [2.24, 2.45) is 11.7 Å².